The van der Waals surface area contributed by atoms with Crippen LogP contribution in [0.25, 0.3) is 11.1 Å². The van der Waals surface area contributed by atoms with Crippen LogP contribution in [0.2, 0.25) is 0 Å². The van der Waals surface area contributed by atoms with Crippen molar-refractivity contribution in [1.29, 1.82) is 0 Å². The summed E-state index contributed by atoms with van der Waals surface area (Å²) >= 11 is 6.25. The van der Waals surface area contributed by atoms with Gasteiger partial charge in [0.15, 0.2) is 0 Å². The molecule has 1 saturated heterocycles. The van der Waals surface area contributed by atoms with Crippen molar-refractivity contribution >= 4 is 42.0 Å². The number of methoxy groups -OCH3 is 1. The number of benzene rings is 2. The van der Waals surface area contributed by atoms with Crippen LogP contribution in [0.1, 0.15) is 23.2 Å². The number of amides is 1. The standard InChI is InChI=1S/C24H31N3O3S2/c1-30-24(29)20(11-13-32-2)27-23(28)19-14-17(26-15-21-22(31)10-12-25-21)8-9-18(19)16-6-4-3-5-7-16/h3-9,14,20-22,25-26,31H,10-13,15H2,1-2H3,(H,27,28)/t20-,21-,22-/m0/s1. The topological polar surface area (TPSA) is 79.5 Å². The van der Waals surface area contributed by atoms with Crippen molar-refractivity contribution in [3.63, 3.8) is 0 Å². The molecule has 0 aromatic heterocycles. The van der Waals surface area contributed by atoms with Crippen LogP contribution in [0.4, 0.5) is 5.69 Å². The Morgan fingerprint density at radius 2 is 2.03 bits per heavy atom. The van der Waals surface area contributed by atoms with Crippen molar-refractivity contribution in [3.05, 3.63) is 54.1 Å². The summed E-state index contributed by atoms with van der Waals surface area (Å²) in [6.07, 6.45) is 3.52. The first-order valence-corrected chi connectivity index (χ1v) is 12.7. The van der Waals surface area contributed by atoms with Gasteiger partial charge < -0.3 is 20.7 Å². The predicted octanol–water partition coefficient (Wildman–Crippen LogP) is 3.45. The Kier molecular flexibility index (Phi) is 9.32. The van der Waals surface area contributed by atoms with Crippen molar-refractivity contribution < 1.29 is 14.3 Å². The highest BCUT2D eigenvalue weighted by atomic mass is 32.2. The second kappa shape index (κ2) is 12.2. The summed E-state index contributed by atoms with van der Waals surface area (Å²) in [5.41, 5.74) is 3.12. The highest BCUT2D eigenvalue weighted by Crippen LogP contribution is 2.27. The Hall–Kier alpha value is -2.16. The summed E-state index contributed by atoms with van der Waals surface area (Å²) in [4.78, 5) is 25.5. The number of carbonyl (C=O) groups excluding carboxylic acids is 2. The Morgan fingerprint density at radius 1 is 1.25 bits per heavy atom. The van der Waals surface area contributed by atoms with Gasteiger partial charge in [0.05, 0.1) is 7.11 Å². The van der Waals surface area contributed by atoms with Gasteiger partial charge in [0.2, 0.25) is 0 Å². The second-order valence-electron chi connectivity index (χ2n) is 7.75. The summed E-state index contributed by atoms with van der Waals surface area (Å²) in [6.45, 7) is 1.69. The SMILES string of the molecule is COC(=O)[C@H](CCSC)NC(=O)c1cc(NC[C@@H]2NCC[C@@H]2S)ccc1-c1ccccc1. The minimum absolute atomic E-state index is 0.277. The molecule has 1 amide bonds. The normalized spacial score (nSPS) is 18.7. The van der Waals surface area contributed by atoms with Crippen molar-refractivity contribution in [2.75, 3.05) is 37.5 Å². The number of thiol groups is 1. The van der Waals surface area contributed by atoms with E-state index in [4.69, 9.17) is 4.74 Å². The minimum Gasteiger partial charge on any atom is -0.467 e. The Balaban J connectivity index is 1.85. The van der Waals surface area contributed by atoms with Gasteiger partial charge in [-0.1, -0.05) is 36.4 Å². The van der Waals surface area contributed by atoms with Crippen LogP contribution >= 0.6 is 24.4 Å². The van der Waals surface area contributed by atoms with Crippen LogP contribution in [0, 0.1) is 0 Å². The number of rotatable bonds is 10. The number of nitrogens with one attached hydrogen (secondary N) is 3. The lowest BCUT2D eigenvalue weighted by Crippen LogP contribution is -2.42. The molecule has 1 heterocycles. The summed E-state index contributed by atoms with van der Waals surface area (Å²) in [5.74, 6) is 0.0112. The lowest BCUT2D eigenvalue weighted by molar-refractivity contribution is -0.142. The molecule has 1 fully saturated rings. The van der Waals surface area contributed by atoms with E-state index in [1.807, 2.05) is 54.8 Å². The molecule has 0 aliphatic carbocycles. The molecule has 0 radical (unpaired) electrons. The van der Waals surface area contributed by atoms with E-state index < -0.39 is 12.0 Å². The molecule has 0 spiro atoms. The first kappa shape index (κ1) is 24.5. The molecule has 0 unspecified atom stereocenters. The maximum absolute atomic E-state index is 13.3. The third-order valence-electron chi connectivity index (χ3n) is 5.59. The zero-order chi connectivity index (χ0) is 22.9. The zero-order valence-corrected chi connectivity index (χ0v) is 20.2. The highest BCUT2D eigenvalue weighted by molar-refractivity contribution is 7.98. The van der Waals surface area contributed by atoms with E-state index in [1.54, 1.807) is 11.8 Å². The van der Waals surface area contributed by atoms with Gasteiger partial charge in [0.25, 0.3) is 5.91 Å². The maximum Gasteiger partial charge on any atom is 0.328 e. The van der Waals surface area contributed by atoms with Gasteiger partial charge in [-0.3, -0.25) is 4.79 Å². The Morgan fingerprint density at radius 3 is 2.69 bits per heavy atom. The molecule has 6 nitrogen and oxygen atoms in total. The molecule has 3 atom stereocenters. The van der Waals surface area contributed by atoms with E-state index in [0.29, 0.717) is 17.2 Å². The van der Waals surface area contributed by atoms with E-state index in [-0.39, 0.29) is 11.9 Å². The molecule has 1 aliphatic rings. The molecule has 32 heavy (non-hydrogen) atoms. The summed E-state index contributed by atoms with van der Waals surface area (Å²) in [6, 6.07) is 15.1. The van der Waals surface area contributed by atoms with Gasteiger partial charge in [-0.05, 0) is 54.7 Å². The maximum atomic E-state index is 13.3. The average Bonchev–Trinajstić information content (AvgIpc) is 3.24. The van der Waals surface area contributed by atoms with E-state index >= 15 is 0 Å². The molecule has 1 aliphatic heterocycles. The summed E-state index contributed by atoms with van der Waals surface area (Å²) in [7, 11) is 1.34. The summed E-state index contributed by atoms with van der Waals surface area (Å²) in [5, 5.41) is 10.1. The fraction of sp³-hybridized carbons (Fsp3) is 0.417. The number of hydrogen-bond acceptors (Lipinski definition) is 7. The molecule has 0 saturated carbocycles. The zero-order valence-electron chi connectivity index (χ0n) is 18.5. The third kappa shape index (κ3) is 6.43. The molecule has 172 valence electrons. The number of esters is 1. The smallest absolute Gasteiger partial charge is 0.328 e. The quantitative estimate of drug-likeness (QED) is 0.313. The van der Waals surface area contributed by atoms with Gasteiger partial charge in [-0.2, -0.15) is 24.4 Å². The third-order valence-corrected chi connectivity index (χ3v) is 6.85. The second-order valence-corrected chi connectivity index (χ2v) is 9.40. The first-order valence-electron chi connectivity index (χ1n) is 10.8. The van der Waals surface area contributed by atoms with Gasteiger partial charge >= 0.3 is 5.97 Å². The van der Waals surface area contributed by atoms with Crippen LogP contribution < -0.4 is 16.0 Å². The van der Waals surface area contributed by atoms with Crippen LogP contribution in [0.5, 0.6) is 0 Å². The molecular weight excluding hydrogens is 442 g/mol. The van der Waals surface area contributed by atoms with Gasteiger partial charge in [-0.15, -0.1) is 0 Å². The first-order chi connectivity index (χ1) is 15.5. The largest absolute Gasteiger partial charge is 0.467 e. The van der Waals surface area contributed by atoms with Crippen LogP contribution in [0.3, 0.4) is 0 Å². The van der Waals surface area contributed by atoms with E-state index in [0.717, 1.165) is 42.1 Å². The van der Waals surface area contributed by atoms with Gasteiger partial charge in [0.1, 0.15) is 6.04 Å². The lowest BCUT2D eigenvalue weighted by Gasteiger charge is -2.20. The minimum atomic E-state index is -0.687. The summed E-state index contributed by atoms with van der Waals surface area (Å²) < 4.78 is 4.90. The number of hydrogen-bond donors (Lipinski definition) is 4. The fourth-order valence-electron chi connectivity index (χ4n) is 3.76. The molecule has 0 bridgehead atoms. The van der Waals surface area contributed by atoms with Crippen LogP contribution in [-0.4, -0.2) is 61.4 Å². The molecule has 3 rings (SSSR count). The lowest BCUT2D eigenvalue weighted by atomic mass is 9.98. The average molecular weight is 474 g/mol. The van der Waals surface area contributed by atoms with Crippen LogP contribution in [-0.2, 0) is 9.53 Å². The number of ether oxygens (including phenoxy) is 1. The Bertz CT molecular complexity index is 911. The molecule has 2 aromatic rings. The molecule has 3 N–H and O–H groups in total. The highest BCUT2D eigenvalue weighted by Gasteiger charge is 2.25. The number of carbonyl (C=O) groups is 2. The van der Waals surface area contributed by atoms with Crippen molar-refractivity contribution in [3.8, 4) is 11.1 Å². The monoisotopic (exact) mass is 473 g/mol. The van der Waals surface area contributed by atoms with E-state index in [9.17, 15) is 9.59 Å². The Labute approximate surface area is 199 Å². The number of anilines is 1. The van der Waals surface area contributed by atoms with Crippen molar-refractivity contribution in [1.82, 2.24) is 10.6 Å². The molecule has 2 aromatic carbocycles. The molecular formula is C24H31N3O3S2. The van der Waals surface area contributed by atoms with Crippen molar-refractivity contribution in [2.24, 2.45) is 0 Å². The predicted molar refractivity (Wildman–Crippen MR) is 136 cm³/mol. The van der Waals surface area contributed by atoms with Gasteiger partial charge in [0, 0.05) is 29.1 Å². The van der Waals surface area contributed by atoms with Crippen LogP contribution in [0.15, 0.2) is 48.5 Å². The van der Waals surface area contributed by atoms with E-state index in [2.05, 4.69) is 28.6 Å². The van der Waals surface area contributed by atoms with Gasteiger partial charge in [-0.25, -0.2) is 4.79 Å². The number of thioether (sulfide) groups is 1. The van der Waals surface area contributed by atoms with Crippen molar-refractivity contribution in [2.45, 2.75) is 30.2 Å². The fourth-order valence-corrected chi connectivity index (χ4v) is 4.58. The van der Waals surface area contributed by atoms with E-state index in [1.165, 1.54) is 7.11 Å². The molecule has 8 heteroatoms.